The summed E-state index contributed by atoms with van der Waals surface area (Å²) >= 11 is 5.98. The van der Waals surface area contributed by atoms with E-state index in [4.69, 9.17) is 11.6 Å². The molecule has 1 saturated heterocycles. The van der Waals surface area contributed by atoms with Crippen molar-refractivity contribution in [1.29, 1.82) is 0 Å². The van der Waals surface area contributed by atoms with Crippen LogP contribution in [0.5, 0.6) is 0 Å². The fourth-order valence-electron chi connectivity index (χ4n) is 3.05. The van der Waals surface area contributed by atoms with Crippen molar-refractivity contribution in [1.82, 2.24) is 4.90 Å². The van der Waals surface area contributed by atoms with E-state index in [9.17, 15) is 9.90 Å². The third-order valence-corrected chi connectivity index (χ3v) is 4.72. The molecule has 0 aromatic heterocycles. The molecule has 0 saturated carbocycles. The van der Waals surface area contributed by atoms with Gasteiger partial charge < -0.3 is 5.11 Å². The Morgan fingerprint density at radius 2 is 2.25 bits per heavy atom. The topological polar surface area (TPSA) is 40.5 Å². The maximum Gasteiger partial charge on any atom is 0.310 e. The van der Waals surface area contributed by atoms with Crippen molar-refractivity contribution in [2.24, 2.45) is 5.41 Å². The summed E-state index contributed by atoms with van der Waals surface area (Å²) in [4.78, 5) is 13.8. The molecule has 1 aromatic carbocycles. The van der Waals surface area contributed by atoms with Crippen LogP contribution in [0.15, 0.2) is 18.2 Å². The van der Waals surface area contributed by atoms with E-state index in [2.05, 4.69) is 11.8 Å². The second-order valence-electron chi connectivity index (χ2n) is 5.82. The van der Waals surface area contributed by atoms with Crippen LogP contribution >= 0.6 is 11.6 Å². The van der Waals surface area contributed by atoms with E-state index < -0.39 is 11.4 Å². The fourth-order valence-corrected chi connectivity index (χ4v) is 3.28. The third kappa shape index (κ3) is 3.15. The molecule has 1 unspecified atom stereocenters. The minimum Gasteiger partial charge on any atom is -0.481 e. The monoisotopic (exact) mass is 295 g/mol. The lowest BCUT2D eigenvalue weighted by molar-refractivity contribution is -0.153. The van der Waals surface area contributed by atoms with Gasteiger partial charge in [0, 0.05) is 18.1 Å². The summed E-state index contributed by atoms with van der Waals surface area (Å²) in [5.74, 6) is -0.655. The predicted molar refractivity (Wildman–Crippen MR) is 81.1 cm³/mol. The average molecular weight is 296 g/mol. The molecular weight excluding hydrogens is 274 g/mol. The van der Waals surface area contributed by atoms with E-state index in [0.29, 0.717) is 13.0 Å². The van der Waals surface area contributed by atoms with Crippen molar-refractivity contribution >= 4 is 17.6 Å². The number of rotatable bonds is 4. The van der Waals surface area contributed by atoms with E-state index in [1.54, 1.807) is 0 Å². The van der Waals surface area contributed by atoms with Crippen LogP contribution in [0.25, 0.3) is 0 Å². The highest BCUT2D eigenvalue weighted by atomic mass is 35.5. The lowest BCUT2D eigenvalue weighted by Crippen LogP contribution is -2.47. The highest BCUT2D eigenvalue weighted by Crippen LogP contribution is 2.34. The van der Waals surface area contributed by atoms with E-state index >= 15 is 0 Å². The Morgan fingerprint density at radius 3 is 2.85 bits per heavy atom. The average Bonchev–Trinajstić information content (AvgIpc) is 2.42. The first-order valence-electron chi connectivity index (χ1n) is 7.17. The standard InChI is InChI=1S/C16H22ClNO2/c1-3-16(15(19)20)7-4-8-18(11-16)10-13-5-6-14(17)9-12(13)2/h5-6,9H,3-4,7-8,10-11H2,1-2H3,(H,19,20). The van der Waals surface area contributed by atoms with Crippen molar-refractivity contribution in [2.75, 3.05) is 13.1 Å². The second kappa shape index (κ2) is 6.15. The third-order valence-electron chi connectivity index (χ3n) is 4.48. The molecule has 1 aliphatic heterocycles. The van der Waals surface area contributed by atoms with Gasteiger partial charge in [0.05, 0.1) is 5.41 Å². The molecule has 0 amide bonds. The summed E-state index contributed by atoms with van der Waals surface area (Å²) in [7, 11) is 0. The van der Waals surface area contributed by atoms with Gasteiger partial charge in [-0.3, -0.25) is 9.69 Å². The van der Waals surface area contributed by atoms with Crippen molar-refractivity contribution in [3.8, 4) is 0 Å². The summed E-state index contributed by atoms with van der Waals surface area (Å²) < 4.78 is 0. The molecule has 1 aliphatic rings. The van der Waals surface area contributed by atoms with Crippen LogP contribution < -0.4 is 0 Å². The summed E-state index contributed by atoms with van der Waals surface area (Å²) in [5, 5.41) is 10.3. The summed E-state index contributed by atoms with van der Waals surface area (Å²) in [6.45, 7) is 6.44. The van der Waals surface area contributed by atoms with Crippen molar-refractivity contribution in [3.63, 3.8) is 0 Å². The first-order valence-corrected chi connectivity index (χ1v) is 7.55. The normalized spacial score (nSPS) is 23.8. The molecular formula is C16H22ClNO2. The first-order chi connectivity index (χ1) is 9.47. The Hall–Kier alpha value is -1.06. The molecule has 0 spiro atoms. The van der Waals surface area contributed by atoms with Crippen LogP contribution in [-0.4, -0.2) is 29.1 Å². The molecule has 2 rings (SSSR count). The van der Waals surface area contributed by atoms with Crippen LogP contribution in [0.1, 0.15) is 37.3 Å². The van der Waals surface area contributed by atoms with E-state index in [-0.39, 0.29) is 0 Å². The zero-order valence-electron chi connectivity index (χ0n) is 12.2. The number of hydrogen-bond donors (Lipinski definition) is 1. The molecule has 1 heterocycles. The van der Waals surface area contributed by atoms with Gasteiger partial charge in [-0.15, -0.1) is 0 Å². The highest BCUT2D eigenvalue weighted by molar-refractivity contribution is 6.30. The number of halogens is 1. The molecule has 110 valence electrons. The van der Waals surface area contributed by atoms with Crippen LogP contribution in [0.4, 0.5) is 0 Å². The maximum absolute atomic E-state index is 11.6. The van der Waals surface area contributed by atoms with E-state index in [0.717, 1.165) is 31.0 Å². The number of carboxylic acid groups (broad SMARTS) is 1. The van der Waals surface area contributed by atoms with Crippen molar-refractivity contribution in [2.45, 2.75) is 39.7 Å². The van der Waals surface area contributed by atoms with Crippen LogP contribution in [0.3, 0.4) is 0 Å². The van der Waals surface area contributed by atoms with Gasteiger partial charge in [0.15, 0.2) is 0 Å². The van der Waals surface area contributed by atoms with Crippen molar-refractivity contribution in [3.05, 3.63) is 34.3 Å². The van der Waals surface area contributed by atoms with Gasteiger partial charge >= 0.3 is 5.97 Å². The van der Waals surface area contributed by atoms with Gasteiger partial charge in [0.25, 0.3) is 0 Å². The SMILES string of the molecule is CCC1(C(=O)O)CCCN(Cc2ccc(Cl)cc2C)C1. The molecule has 0 bridgehead atoms. The Labute approximate surface area is 125 Å². The van der Waals surface area contributed by atoms with Crippen LogP contribution in [-0.2, 0) is 11.3 Å². The predicted octanol–water partition coefficient (Wildman–Crippen LogP) is 3.73. The number of aryl methyl sites for hydroxylation is 1. The highest BCUT2D eigenvalue weighted by Gasteiger charge is 2.40. The Morgan fingerprint density at radius 1 is 1.50 bits per heavy atom. The molecule has 1 aromatic rings. The van der Waals surface area contributed by atoms with Gasteiger partial charge in [-0.1, -0.05) is 24.6 Å². The summed E-state index contributed by atoms with van der Waals surface area (Å²) in [5.41, 5.74) is 1.82. The number of benzene rings is 1. The molecule has 1 atom stereocenters. The Balaban J connectivity index is 2.11. The minimum atomic E-state index is -0.655. The quantitative estimate of drug-likeness (QED) is 0.920. The zero-order chi connectivity index (χ0) is 14.8. The number of likely N-dealkylation sites (tertiary alicyclic amines) is 1. The zero-order valence-corrected chi connectivity index (χ0v) is 12.9. The molecule has 0 radical (unpaired) electrons. The largest absolute Gasteiger partial charge is 0.481 e. The van der Waals surface area contributed by atoms with Gasteiger partial charge in [-0.2, -0.15) is 0 Å². The number of hydrogen-bond acceptors (Lipinski definition) is 2. The van der Waals surface area contributed by atoms with Crippen molar-refractivity contribution < 1.29 is 9.90 Å². The number of carboxylic acids is 1. The molecule has 1 fully saturated rings. The molecule has 3 nitrogen and oxygen atoms in total. The number of piperidine rings is 1. The lowest BCUT2D eigenvalue weighted by atomic mass is 9.77. The second-order valence-corrected chi connectivity index (χ2v) is 6.26. The number of aliphatic carboxylic acids is 1. The summed E-state index contributed by atoms with van der Waals surface area (Å²) in [6.07, 6.45) is 2.43. The van der Waals surface area contributed by atoms with E-state index in [1.165, 1.54) is 11.1 Å². The fraction of sp³-hybridized carbons (Fsp3) is 0.562. The summed E-state index contributed by atoms with van der Waals surface area (Å²) in [6, 6.07) is 5.91. The molecule has 1 N–H and O–H groups in total. The van der Waals surface area contributed by atoms with Gasteiger partial charge in [-0.25, -0.2) is 0 Å². The smallest absolute Gasteiger partial charge is 0.310 e. The molecule has 20 heavy (non-hydrogen) atoms. The Kier molecular flexibility index (Phi) is 4.71. The molecule has 4 heteroatoms. The van der Waals surface area contributed by atoms with E-state index in [1.807, 2.05) is 25.1 Å². The first kappa shape index (κ1) is 15.3. The Bertz CT molecular complexity index is 503. The number of nitrogens with zero attached hydrogens (tertiary/aromatic N) is 1. The minimum absolute atomic E-state index is 0.571. The number of carbonyl (C=O) groups is 1. The van der Waals surface area contributed by atoms with Crippen LogP contribution in [0, 0.1) is 12.3 Å². The van der Waals surface area contributed by atoms with Gasteiger partial charge in [-0.05, 0) is 56.0 Å². The molecule has 0 aliphatic carbocycles. The van der Waals surface area contributed by atoms with Gasteiger partial charge in [0.1, 0.15) is 0 Å². The maximum atomic E-state index is 11.6. The lowest BCUT2D eigenvalue weighted by Gasteiger charge is -2.39. The van der Waals surface area contributed by atoms with Crippen LogP contribution in [0.2, 0.25) is 5.02 Å². The van der Waals surface area contributed by atoms with Gasteiger partial charge in [0.2, 0.25) is 0 Å².